The molecule has 19 heavy (non-hydrogen) atoms. The summed E-state index contributed by atoms with van der Waals surface area (Å²) in [5, 5.41) is 13.3. The molecule has 2 N–H and O–H groups in total. The first kappa shape index (κ1) is 16.3. The van der Waals surface area contributed by atoms with Crippen LogP contribution in [0.1, 0.15) is 37.0 Å². The van der Waals surface area contributed by atoms with Gasteiger partial charge in [-0.1, -0.05) is 25.4 Å². The van der Waals surface area contributed by atoms with Gasteiger partial charge in [0.1, 0.15) is 0 Å². The molecule has 0 saturated heterocycles. The van der Waals surface area contributed by atoms with E-state index in [1.165, 1.54) is 0 Å². The van der Waals surface area contributed by atoms with Gasteiger partial charge in [0.05, 0.1) is 16.2 Å². The first-order valence-corrected chi connectivity index (χ1v) is 7.90. The highest BCUT2D eigenvalue weighted by Gasteiger charge is 2.23. The maximum absolute atomic E-state index is 12.1. The quantitative estimate of drug-likeness (QED) is 0.792. The number of benzene rings is 1. The van der Waals surface area contributed by atoms with Crippen molar-refractivity contribution in [1.29, 1.82) is 0 Å². The van der Waals surface area contributed by atoms with Crippen LogP contribution in [0.15, 0.2) is 23.1 Å². The molecule has 0 aliphatic heterocycles. The SMILES string of the molecule is CCC(O)(CC)CNC(=O)c1cc(SC)ccc1Cl. The zero-order valence-corrected chi connectivity index (χ0v) is 13.1. The topological polar surface area (TPSA) is 49.3 Å². The molecule has 0 unspecified atom stereocenters. The molecule has 0 saturated carbocycles. The monoisotopic (exact) mass is 301 g/mol. The maximum Gasteiger partial charge on any atom is 0.252 e. The van der Waals surface area contributed by atoms with Crippen molar-refractivity contribution in [3.63, 3.8) is 0 Å². The lowest BCUT2D eigenvalue weighted by Crippen LogP contribution is -2.42. The molecule has 3 nitrogen and oxygen atoms in total. The lowest BCUT2D eigenvalue weighted by atomic mass is 9.97. The van der Waals surface area contributed by atoms with Crippen LogP contribution in [0.25, 0.3) is 0 Å². The summed E-state index contributed by atoms with van der Waals surface area (Å²) in [4.78, 5) is 13.1. The number of rotatable bonds is 6. The van der Waals surface area contributed by atoms with Crippen LogP contribution < -0.4 is 5.32 Å². The molecule has 0 atom stereocenters. The van der Waals surface area contributed by atoms with Crippen LogP contribution in [-0.2, 0) is 0 Å². The highest BCUT2D eigenvalue weighted by atomic mass is 35.5. The summed E-state index contributed by atoms with van der Waals surface area (Å²) < 4.78 is 0. The predicted molar refractivity (Wildman–Crippen MR) is 81.1 cm³/mol. The average Bonchev–Trinajstić information content (AvgIpc) is 2.45. The van der Waals surface area contributed by atoms with E-state index in [-0.39, 0.29) is 12.5 Å². The second-order valence-electron chi connectivity index (χ2n) is 4.46. The Kier molecular flexibility index (Phi) is 6.17. The van der Waals surface area contributed by atoms with Crippen molar-refractivity contribution in [1.82, 2.24) is 5.32 Å². The molecule has 0 radical (unpaired) electrons. The molecule has 0 aliphatic carbocycles. The Balaban J connectivity index is 2.78. The molecule has 1 aromatic carbocycles. The van der Waals surface area contributed by atoms with E-state index in [4.69, 9.17) is 11.6 Å². The number of amides is 1. The second-order valence-corrected chi connectivity index (χ2v) is 5.75. The van der Waals surface area contributed by atoms with E-state index in [0.717, 1.165) is 4.90 Å². The number of hydrogen-bond acceptors (Lipinski definition) is 3. The van der Waals surface area contributed by atoms with Gasteiger partial charge >= 0.3 is 0 Å². The molecule has 1 amide bonds. The van der Waals surface area contributed by atoms with Gasteiger partial charge in [0, 0.05) is 11.4 Å². The summed E-state index contributed by atoms with van der Waals surface area (Å²) >= 11 is 7.59. The average molecular weight is 302 g/mol. The fourth-order valence-electron chi connectivity index (χ4n) is 1.65. The fourth-order valence-corrected chi connectivity index (χ4v) is 2.29. The van der Waals surface area contributed by atoms with E-state index in [0.29, 0.717) is 23.4 Å². The Bertz CT molecular complexity index is 447. The third-order valence-electron chi connectivity index (χ3n) is 3.31. The van der Waals surface area contributed by atoms with Crippen molar-refractivity contribution in [2.75, 3.05) is 12.8 Å². The molecule has 0 spiro atoms. The molecule has 106 valence electrons. The Morgan fingerprint density at radius 2 is 2.05 bits per heavy atom. The number of halogens is 1. The van der Waals surface area contributed by atoms with E-state index in [2.05, 4.69) is 5.32 Å². The first-order chi connectivity index (χ1) is 8.95. The van der Waals surface area contributed by atoms with Crippen LogP contribution in [-0.4, -0.2) is 29.4 Å². The lowest BCUT2D eigenvalue weighted by Gasteiger charge is -2.25. The van der Waals surface area contributed by atoms with Crippen LogP contribution in [0.4, 0.5) is 0 Å². The van der Waals surface area contributed by atoms with E-state index in [1.807, 2.05) is 26.2 Å². The van der Waals surface area contributed by atoms with Gasteiger partial charge in [-0.25, -0.2) is 0 Å². The number of aliphatic hydroxyl groups is 1. The van der Waals surface area contributed by atoms with Crippen molar-refractivity contribution < 1.29 is 9.90 Å². The van der Waals surface area contributed by atoms with Crippen LogP contribution >= 0.6 is 23.4 Å². The Labute approximate surface area is 123 Å². The van der Waals surface area contributed by atoms with Crippen molar-refractivity contribution in [3.8, 4) is 0 Å². The zero-order valence-electron chi connectivity index (χ0n) is 11.5. The number of carbonyl (C=O) groups is 1. The zero-order chi connectivity index (χ0) is 14.5. The van der Waals surface area contributed by atoms with Gasteiger partial charge in [-0.3, -0.25) is 4.79 Å². The number of thioether (sulfide) groups is 1. The number of hydrogen-bond donors (Lipinski definition) is 2. The van der Waals surface area contributed by atoms with Gasteiger partial charge in [-0.05, 0) is 37.3 Å². The van der Waals surface area contributed by atoms with Crippen molar-refractivity contribution in [2.45, 2.75) is 37.2 Å². The maximum atomic E-state index is 12.1. The molecule has 0 heterocycles. The molecule has 1 rings (SSSR count). The van der Waals surface area contributed by atoms with Gasteiger partial charge in [-0.15, -0.1) is 11.8 Å². The van der Waals surface area contributed by atoms with Gasteiger partial charge < -0.3 is 10.4 Å². The first-order valence-electron chi connectivity index (χ1n) is 6.30. The number of carbonyl (C=O) groups excluding carboxylic acids is 1. The Morgan fingerprint density at radius 1 is 1.42 bits per heavy atom. The third kappa shape index (κ3) is 4.41. The Hall–Kier alpha value is -0.710. The van der Waals surface area contributed by atoms with E-state index in [1.54, 1.807) is 23.9 Å². The minimum Gasteiger partial charge on any atom is -0.388 e. The lowest BCUT2D eigenvalue weighted by molar-refractivity contribution is 0.0314. The summed E-state index contributed by atoms with van der Waals surface area (Å²) in [5.74, 6) is -0.249. The van der Waals surface area contributed by atoms with Gasteiger partial charge in [0.2, 0.25) is 0 Å². The summed E-state index contributed by atoms with van der Waals surface area (Å²) in [7, 11) is 0. The van der Waals surface area contributed by atoms with E-state index < -0.39 is 5.60 Å². The second kappa shape index (κ2) is 7.17. The molecule has 0 aromatic heterocycles. The van der Waals surface area contributed by atoms with Gasteiger partial charge in [0.15, 0.2) is 0 Å². The molecule has 0 fully saturated rings. The highest BCUT2D eigenvalue weighted by Crippen LogP contribution is 2.23. The van der Waals surface area contributed by atoms with E-state index >= 15 is 0 Å². The van der Waals surface area contributed by atoms with Crippen molar-refractivity contribution in [3.05, 3.63) is 28.8 Å². The van der Waals surface area contributed by atoms with Crippen LogP contribution in [0.2, 0.25) is 5.02 Å². The molecular formula is C14H20ClNO2S. The summed E-state index contributed by atoms with van der Waals surface area (Å²) in [6.07, 6.45) is 3.14. The third-order valence-corrected chi connectivity index (χ3v) is 4.37. The van der Waals surface area contributed by atoms with Crippen LogP contribution in [0.3, 0.4) is 0 Å². The summed E-state index contributed by atoms with van der Waals surface area (Å²) in [6.45, 7) is 4.03. The molecule has 5 heteroatoms. The normalized spacial score (nSPS) is 11.4. The summed E-state index contributed by atoms with van der Waals surface area (Å²) in [5.41, 5.74) is -0.401. The minimum atomic E-state index is -0.848. The van der Waals surface area contributed by atoms with E-state index in [9.17, 15) is 9.90 Å². The molecule has 1 aromatic rings. The van der Waals surface area contributed by atoms with Gasteiger partial charge in [0.25, 0.3) is 5.91 Å². The summed E-state index contributed by atoms with van der Waals surface area (Å²) in [6, 6.07) is 5.35. The smallest absolute Gasteiger partial charge is 0.252 e. The van der Waals surface area contributed by atoms with Crippen LogP contribution in [0.5, 0.6) is 0 Å². The largest absolute Gasteiger partial charge is 0.388 e. The van der Waals surface area contributed by atoms with Crippen molar-refractivity contribution in [2.24, 2.45) is 0 Å². The number of nitrogens with one attached hydrogen (secondary N) is 1. The Morgan fingerprint density at radius 3 is 2.58 bits per heavy atom. The molecular weight excluding hydrogens is 282 g/mol. The predicted octanol–water partition coefficient (Wildman–Crippen LogP) is 3.34. The minimum absolute atomic E-state index is 0.235. The van der Waals surface area contributed by atoms with Crippen molar-refractivity contribution >= 4 is 29.3 Å². The van der Waals surface area contributed by atoms with Crippen LogP contribution in [0, 0.1) is 0 Å². The van der Waals surface area contributed by atoms with Gasteiger partial charge in [-0.2, -0.15) is 0 Å². The standard InChI is InChI=1S/C14H20ClNO2S/c1-4-14(18,5-2)9-16-13(17)11-8-10(19-3)6-7-12(11)15/h6-8,18H,4-5,9H2,1-3H3,(H,16,17). The fraction of sp³-hybridized carbons (Fsp3) is 0.500. The highest BCUT2D eigenvalue weighted by molar-refractivity contribution is 7.98. The molecule has 0 bridgehead atoms. The molecule has 0 aliphatic rings.